The molecule has 14 nitrogen and oxygen atoms in total. The topological polar surface area (TPSA) is 184 Å². The van der Waals surface area contributed by atoms with Crippen molar-refractivity contribution in [3.8, 4) is 22.6 Å². The summed E-state index contributed by atoms with van der Waals surface area (Å²) in [5.74, 6) is -0.263. The van der Waals surface area contributed by atoms with E-state index in [2.05, 4.69) is 34.9 Å². The third-order valence-corrected chi connectivity index (χ3v) is 15.8. The molecule has 0 radical (unpaired) electrons. The molecule has 0 heterocycles. The zero-order chi connectivity index (χ0) is 47.6. The number of rotatable bonds is 22. The highest BCUT2D eigenvalue weighted by molar-refractivity contribution is 6.55. The second-order valence-electron chi connectivity index (χ2n) is 15.2. The summed E-state index contributed by atoms with van der Waals surface area (Å²) in [5, 5.41) is 6.13. The fraction of sp³-hybridized carbons (Fsp3) is 0.255. The summed E-state index contributed by atoms with van der Waals surface area (Å²) in [4.78, 5) is 27.8. The first-order valence-electron chi connectivity index (χ1n) is 22.5. The van der Waals surface area contributed by atoms with Crippen LogP contribution in [-0.4, -0.2) is 69.6 Å². The van der Waals surface area contributed by atoms with E-state index in [0.29, 0.717) is 33.9 Å². The van der Waals surface area contributed by atoms with Gasteiger partial charge in [0.1, 0.15) is 11.5 Å². The predicted octanol–water partition coefficient (Wildman–Crippen LogP) is 9.57. The predicted molar refractivity (Wildman–Crippen MR) is 264 cm³/mol. The molecule has 0 saturated carbocycles. The van der Waals surface area contributed by atoms with E-state index in [-0.39, 0.29) is 63.0 Å². The summed E-state index contributed by atoms with van der Waals surface area (Å²) in [5.41, 5.74) is 18.8. The van der Waals surface area contributed by atoms with Gasteiger partial charge in [-0.1, -0.05) is 60.7 Å². The van der Waals surface area contributed by atoms with Crippen LogP contribution in [0.2, 0.25) is 0 Å². The number of hydrogen-bond donors (Lipinski definition) is 4. The number of nitrogens with one attached hydrogen (secondary N) is 2. The number of fused-ring (bicyclic) bond motifs is 3. The largest absolute Gasteiger partial charge is 0.749 e. The molecule has 0 fully saturated rings. The van der Waals surface area contributed by atoms with E-state index in [1.54, 1.807) is 48.5 Å². The highest BCUT2D eigenvalue weighted by Crippen LogP contribution is 2.57. The molecule has 0 aromatic heterocycles. The standard InChI is InChI=1S/C51H58N4O10Si2/c1-7-58-66(59-8-2,60-9-3)64-47-33-37(25-31-45(47)54-49(56)35-21-27-39(52)28-22-35)51(43-19-15-13-17-41(43)42-18-14-16-20-44(42)51)38-26-32-46(55-50(57)36-23-29-40(53)30-24-36)48(34-38)65-67(61-10-4,62-11-5)63-12-6/h13-34H,7-12,52-53H2,1-6H3,(H,54,56)(H,55,57). The maximum absolute atomic E-state index is 13.9. The molecule has 1 aliphatic rings. The molecular formula is C51H58N4O10Si2. The summed E-state index contributed by atoms with van der Waals surface area (Å²) in [6, 6.07) is 41.1. The van der Waals surface area contributed by atoms with Crippen molar-refractivity contribution in [2.75, 3.05) is 61.7 Å². The Balaban J connectivity index is 1.50. The van der Waals surface area contributed by atoms with Gasteiger partial charge in [-0.15, -0.1) is 0 Å². The van der Waals surface area contributed by atoms with Crippen LogP contribution in [0.3, 0.4) is 0 Å². The fourth-order valence-electron chi connectivity index (χ4n) is 8.33. The summed E-state index contributed by atoms with van der Waals surface area (Å²) < 4.78 is 51.1. The number of benzene rings is 6. The lowest BCUT2D eigenvalue weighted by Crippen LogP contribution is -2.52. The third kappa shape index (κ3) is 10.2. The van der Waals surface area contributed by atoms with E-state index in [9.17, 15) is 9.59 Å². The molecule has 2 amide bonds. The fourth-order valence-corrected chi connectivity index (χ4v) is 12.2. The molecule has 6 aromatic rings. The molecule has 0 aliphatic heterocycles. The Bertz CT molecular complexity index is 2450. The molecule has 0 unspecified atom stereocenters. The van der Waals surface area contributed by atoms with Gasteiger partial charge in [0.05, 0.1) is 16.8 Å². The minimum atomic E-state index is -3.90. The molecule has 0 bridgehead atoms. The molecule has 1 aliphatic carbocycles. The Labute approximate surface area is 394 Å². The van der Waals surface area contributed by atoms with Gasteiger partial charge in [0, 0.05) is 62.1 Å². The van der Waals surface area contributed by atoms with Gasteiger partial charge in [-0.2, -0.15) is 0 Å². The van der Waals surface area contributed by atoms with Gasteiger partial charge in [-0.25, -0.2) is 0 Å². The quantitative estimate of drug-likeness (QED) is 0.0373. The molecule has 6 N–H and O–H groups in total. The van der Waals surface area contributed by atoms with E-state index < -0.39 is 23.5 Å². The minimum Gasteiger partial charge on any atom is -0.478 e. The zero-order valence-electron chi connectivity index (χ0n) is 38.7. The highest BCUT2D eigenvalue weighted by Gasteiger charge is 2.52. The maximum atomic E-state index is 13.9. The van der Waals surface area contributed by atoms with Crippen LogP contribution in [0.1, 0.15) is 84.5 Å². The number of carbonyl (C=O) groups is 2. The van der Waals surface area contributed by atoms with Crippen molar-refractivity contribution < 1.29 is 45.0 Å². The maximum Gasteiger partial charge on any atom is 0.749 e. The first-order valence-corrected chi connectivity index (χ1v) is 25.8. The van der Waals surface area contributed by atoms with Gasteiger partial charge >= 0.3 is 18.1 Å². The van der Waals surface area contributed by atoms with Crippen LogP contribution >= 0.6 is 0 Å². The van der Waals surface area contributed by atoms with Crippen LogP contribution in [-0.2, 0) is 32.0 Å². The molecule has 0 atom stereocenters. The van der Waals surface area contributed by atoms with Gasteiger partial charge < -0.3 is 57.5 Å². The monoisotopic (exact) mass is 942 g/mol. The van der Waals surface area contributed by atoms with E-state index in [4.69, 9.17) is 46.9 Å². The van der Waals surface area contributed by atoms with Crippen LogP contribution < -0.4 is 31.0 Å². The Morgan fingerprint density at radius 2 is 0.791 bits per heavy atom. The summed E-state index contributed by atoms with van der Waals surface area (Å²) in [6.45, 7) is 12.5. The van der Waals surface area contributed by atoms with Crippen molar-refractivity contribution in [1.29, 1.82) is 0 Å². The first kappa shape index (κ1) is 48.6. The van der Waals surface area contributed by atoms with Crippen LogP contribution in [0.5, 0.6) is 11.5 Å². The second-order valence-corrected chi connectivity index (χ2v) is 19.4. The SMILES string of the molecule is CCO[Si](OCC)(OCC)Oc1cc(C2(c3ccc(NC(=O)c4ccc(N)cc4)c(O[Si](OCC)(OCC)OCC)c3)c3ccccc3-c3ccccc32)ccc1NC(=O)c1ccc(N)cc1. The third-order valence-electron chi connectivity index (χ3n) is 11.0. The van der Waals surface area contributed by atoms with Gasteiger partial charge in [0.2, 0.25) is 0 Å². The minimum absolute atomic E-state index is 0.240. The second kappa shape index (κ2) is 21.5. The zero-order valence-corrected chi connectivity index (χ0v) is 40.7. The molecule has 350 valence electrons. The van der Waals surface area contributed by atoms with Gasteiger partial charge in [0.15, 0.2) is 0 Å². The van der Waals surface area contributed by atoms with Crippen molar-refractivity contribution in [1.82, 2.24) is 0 Å². The highest BCUT2D eigenvalue weighted by atomic mass is 28.4. The Morgan fingerprint density at radius 1 is 0.463 bits per heavy atom. The van der Waals surface area contributed by atoms with Crippen LogP contribution in [0.15, 0.2) is 133 Å². The van der Waals surface area contributed by atoms with Crippen LogP contribution in [0.25, 0.3) is 11.1 Å². The van der Waals surface area contributed by atoms with Crippen molar-refractivity contribution in [2.24, 2.45) is 0 Å². The molecule has 16 heteroatoms. The number of hydrogen-bond acceptors (Lipinski definition) is 12. The van der Waals surface area contributed by atoms with Crippen molar-refractivity contribution in [3.63, 3.8) is 0 Å². The number of carbonyl (C=O) groups excluding carboxylic acids is 2. The lowest BCUT2D eigenvalue weighted by Gasteiger charge is -2.36. The van der Waals surface area contributed by atoms with Gasteiger partial charge in [-0.3, -0.25) is 9.59 Å². The van der Waals surface area contributed by atoms with Crippen LogP contribution in [0, 0.1) is 0 Å². The number of amides is 2. The first-order chi connectivity index (χ1) is 32.5. The molecule has 67 heavy (non-hydrogen) atoms. The lowest BCUT2D eigenvalue weighted by atomic mass is 9.67. The van der Waals surface area contributed by atoms with E-state index >= 15 is 0 Å². The lowest BCUT2D eigenvalue weighted by molar-refractivity contribution is 0.00888. The number of nitrogen functional groups attached to an aromatic ring is 2. The summed E-state index contributed by atoms with van der Waals surface area (Å²) in [7, 11) is -7.80. The molecule has 0 saturated heterocycles. The normalized spacial score (nSPS) is 12.8. The average Bonchev–Trinajstić information content (AvgIpc) is 3.62. The number of nitrogens with two attached hydrogens (primary N) is 2. The Kier molecular flexibility index (Phi) is 15.6. The molecular weight excluding hydrogens is 885 g/mol. The molecule has 6 aromatic carbocycles. The van der Waals surface area contributed by atoms with Crippen LogP contribution in [0.4, 0.5) is 22.7 Å². The Morgan fingerprint density at radius 3 is 1.12 bits per heavy atom. The van der Waals surface area contributed by atoms with E-state index in [1.165, 1.54) is 0 Å². The molecule has 7 rings (SSSR count). The summed E-state index contributed by atoms with van der Waals surface area (Å²) in [6.07, 6.45) is 0. The Hall–Kier alpha value is -6.35. The average molecular weight is 943 g/mol. The van der Waals surface area contributed by atoms with E-state index in [1.807, 2.05) is 102 Å². The summed E-state index contributed by atoms with van der Waals surface area (Å²) >= 11 is 0. The van der Waals surface area contributed by atoms with Crippen molar-refractivity contribution in [2.45, 2.75) is 47.0 Å². The van der Waals surface area contributed by atoms with Gasteiger partial charge in [-0.05, 0) is 148 Å². The van der Waals surface area contributed by atoms with E-state index in [0.717, 1.165) is 33.4 Å². The van der Waals surface area contributed by atoms with Gasteiger partial charge in [0.25, 0.3) is 11.8 Å². The van der Waals surface area contributed by atoms with Crippen molar-refractivity contribution in [3.05, 3.63) is 167 Å². The van der Waals surface area contributed by atoms with Crippen molar-refractivity contribution >= 4 is 52.7 Å². The number of anilines is 4. The smallest absolute Gasteiger partial charge is 0.478 e. The molecule has 0 spiro atoms.